The quantitative estimate of drug-likeness (QED) is 0.616. The number of imidazole rings is 1. The fraction of sp³-hybridized carbons (Fsp3) is 0.292. The van der Waals surface area contributed by atoms with Crippen LogP contribution in [0.2, 0.25) is 0 Å². The molecule has 8 heteroatoms. The number of fused-ring (bicyclic) bond motifs is 1. The normalized spacial score (nSPS) is 22.4. The molecule has 0 saturated carbocycles. The molecule has 2 aromatic carbocycles. The maximum Gasteiger partial charge on any atom is 0.274 e. The average Bonchev–Trinajstić information content (AvgIpc) is 3.19. The molecule has 2 heterocycles. The summed E-state index contributed by atoms with van der Waals surface area (Å²) in [5, 5.41) is 0. The minimum Gasteiger partial charge on any atom is -0.336 e. The number of hydrogen-bond acceptors (Lipinski definition) is 4. The summed E-state index contributed by atoms with van der Waals surface area (Å²) in [6, 6.07) is 17.5. The van der Waals surface area contributed by atoms with E-state index in [2.05, 4.69) is 9.35 Å². The molecule has 2 unspecified atom stereocenters. The lowest BCUT2D eigenvalue weighted by Crippen LogP contribution is -2.34. The number of carbonyl (C=O) groups excluding carboxylic acids is 2. The summed E-state index contributed by atoms with van der Waals surface area (Å²) in [7, 11) is -2.68. The number of aromatic nitrogens is 2. The highest BCUT2D eigenvalue weighted by atomic mass is 32.2. The largest absolute Gasteiger partial charge is 0.336 e. The molecule has 5 rings (SSSR count). The summed E-state index contributed by atoms with van der Waals surface area (Å²) in [4.78, 5) is 31.6. The molecule has 0 radical (unpaired) electrons. The van der Waals surface area contributed by atoms with Gasteiger partial charge in [0.05, 0.1) is 15.6 Å². The van der Waals surface area contributed by atoms with Crippen LogP contribution >= 0.6 is 0 Å². The van der Waals surface area contributed by atoms with E-state index in [1.807, 2.05) is 54.6 Å². The Morgan fingerprint density at radius 3 is 2.59 bits per heavy atom. The lowest BCUT2D eigenvalue weighted by molar-refractivity contribution is -0.119. The molecule has 2 atom stereocenters. The molecule has 3 aromatic rings. The van der Waals surface area contributed by atoms with Crippen molar-refractivity contribution in [3.63, 3.8) is 0 Å². The number of rotatable bonds is 3. The number of carbonyl (C=O) groups is 2. The number of benzene rings is 2. The van der Waals surface area contributed by atoms with Gasteiger partial charge in [0.25, 0.3) is 11.8 Å². The van der Waals surface area contributed by atoms with E-state index in [0.29, 0.717) is 37.4 Å². The van der Waals surface area contributed by atoms with Gasteiger partial charge in [-0.05, 0) is 36.1 Å². The Kier molecular flexibility index (Phi) is 5.38. The van der Waals surface area contributed by atoms with Gasteiger partial charge in [-0.3, -0.25) is 9.59 Å². The molecule has 1 fully saturated rings. The van der Waals surface area contributed by atoms with Crippen LogP contribution in [0.15, 0.2) is 71.5 Å². The van der Waals surface area contributed by atoms with Gasteiger partial charge in [0.15, 0.2) is 0 Å². The van der Waals surface area contributed by atoms with Crippen LogP contribution < -0.4 is 0 Å². The monoisotopic (exact) mass is 448 g/mol. The zero-order valence-corrected chi connectivity index (χ0v) is 18.4. The van der Waals surface area contributed by atoms with Crippen molar-refractivity contribution < 1.29 is 13.8 Å². The lowest BCUT2D eigenvalue weighted by atomic mass is 9.77. The van der Waals surface area contributed by atoms with Gasteiger partial charge < -0.3 is 9.47 Å². The van der Waals surface area contributed by atoms with Crippen molar-refractivity contribution in [1.82, 2.24) is 14.5 Å². The summed E-state index contributed by atoms with van der Waals surface area (Å²) in [5.74, 6) is -0.238. The molecule has 32 heavy (non-hydrogen) atoms. The van der Waals surface area contributed by atoms with E-state index >= 15 is 0 Å². The van der Waals surface area contributed by atoms with Gasteiger partial charge >= 0.3 is 0 Å². The van der Waals surface area contributed by atoms with Crippen molar-refractivity contribution in [2.75, 3.05) is 24.6 Å². The molecule has 2 aliphatic rings. The molecule has 1 aliphatic carbocycles. The Balaban J connectivity index is 1.27. The van der Waals surface area contributed by atoms with Crippen LogP contribution in [0.3, 0.4) is 0 Å². The maximum absolute atomic E-state index is 13.3. The summed E-state index contributed by atoms with van der Waals surface area (Å²) in [6.45, 7) is 0.776. The first-order chi connectivity index (χ1) is 15.5. The molecule has 0 bridgehead atoms. The third-order valence-electron chi connectivity index (χ3n) is 6.12. The second-order valence-electron chi connectivity index (χ2n) is 8.21. The third-order valence-corrected chi connectivity index (χ3v) is 8.38. The third kappa shape index (κ3) is 3.98. The van der Waals surface area contributed by atoms with Gasteiger partial charge in [0.1, 0.15) is 12.0 Å². The molecule has 7 nitrogen and oxygen atoms in total. The first kappa shape index (κ1) is 20.6. The van der Waals surface area contributed by atoms with E-state index in [4.69, 9.17) is 0 Å². The smallest absolute Gasteiger partial charge is 0.274 e. The molecule has 2 amide bonds. The number of nitrogens with zero attached hydrogens (tertiary/aromatic N) is 4. The second-order valence-corrected chi connectivity index (χ2v) is 10.8. The van der Waals surface area contributed by atoms with Crippen LogP contribution in [0.4, 0.5) is 0 Å². The zero-order chi connectivity index (χ0) is 22.1. The number of para-hydroxylation sites is 1. The molecule has 0 spiro atoms. The standard InChI is InChI=1S/C24H24N4O3S/c29-23(21-15-18-7-4-5-10-20(18)21)26-32(31)13-6-11-27(12-14-32)24(30)22-16-28(17-25-22)19-8-2-1-3-9-19/h1-5,7-10,16-17,21H,6,11-15H2. The van der Waals surface area contributed by atoms with Crippen LogP contribution in [0.1, 0.15) is 34.0 Å². The van der Waals surface area contributed by atoms with E-state index in [1.54, 1.807) is 22.0 Å². The van der Waals surface area contributed by atoms with Crippen LogP contribution in [-0.4, -0.2) is 55.1 Å². The summed E-state index contributed by atoms with van der Waals surface area (Å²) < 4.78 is 19.3. The van der Waals surface area contributed by atoms with Crippen LogP contribution in [0.25, 0.3) is 5.69 Å². The summed E-state index contributed by atoms with van der Waals surface area (Å²) >= 11 is 0. The van der Waals surface area contributed by atoms with Gasteiger partial charge in [-0.15, -0.1) is 0 Å². The van der Waals surface area contributed by atoms with E-state index < -0.39 is 9.73 Å². The zero-order valence-electron chi connectivity index (χ0n) is 17.6. The van der Waals surface area contributed by atoms with Crippen molar-refractivity contribution in [3.05, 3.63) is 83.9 Å². The topological polar surface area (TPSA) is 84.6 Å². The Morgan fingerprint density at radius 1 is 1.00 bits per heavy atom. The lowest BCUT2D eigenvalue weighted by Gasteiger charge is -2.27. The fourth-order valence-electron chi connectivity index (χ4n) is 4.29. The van der Waals surface area contributed by atoms with Crippen molar-refractivity contribution in [2.24, 2.45) is 4.36 Å². The first-order valence-corrected chi connectivity index (χ1v) is 12.6. The average molecular weight is 449 g/mol. The number of hydrogen-bond donors (Lipinski definition) is 0. The van der Waals surface area contributed by atoms with Gasteiger partial charge in [0.2, 0.25) is 0 Å². The Bertz CT molecular complexity index is 1290. The molecule has 1 saturated heterocycles. The maximum atomic E-state index is 13.3. The van der Waals surface area contributed by atoms with Crippen molar-refractivity contribution in [1.29, 1.82) is 0 Å². The second kappa shape index (κ2) is 8.35. The molecular weight excluding hydrogens is 424 g/mol. The van der Waals surface area contributed by atoms with Crippen molar-refractivity contribution >= 4 is 21.5 Å². The SMILES string of the molecule is O=C(N=S1(=O)CCCN(C(=O)c2cn(-c3ccccc3)cn2)CC1)C1Cc2ccccc21. The molecule has 1 aliphatic heterocycles. The van der Waals surface area contributed by atoms with Gasteiger partial charge in [-0.2, -0.15) is 4.36 Å². The van der Waals surface area contributed by atoms with E-state index in [-0.39, 0.29) is 23.5 Å². The van der Waals surface area contributed by atoms with E-state index in [1.165, 1.54) is 0 Å². The molecule has 1 aromatic heterocycles. The number of amides is 2. The minimum atomic E-state index is -2.68. The summed E-state index contributed by atoms with van der Waals surface area (Å²) in [5.41, 5.74) is 3.42. The minimum absolute atomic E-state index is 0.192. The van der Waals surface area contributed by atoms with Crippen LogP contribution in [0.5, 0.6) is 0 Å². The van der Waals surface area contributed by atoms with Crippen LogP contribution in [0, 0.1) is 0 Å². The Hall–Kier alpha value is -3.26. The predicted octanol–water partition coefficient (Wildman–Crippen LogP) is 3.05. The highest BCUT2D eigenvalue weighted by molar-refractivity contribution is 7.93. The molecule has 0 N–H and O–H groups in total. The van der Waals surface area contributed by atoms with E-state index in [0.717, 1.165) is 16.8 Å². The summed E-state index contributed by atoms with van der Waals surface area (Å²) in [6.07, 6.45) is 4.53. The predicted molar refractivity (Wildman–Crippen MR) is 122 cm³/mol. The van der Waals surface area contributed by atoms with Gasteiger partial charge in [-0.1, -0.05) is 42.5 Å². The fourth-order valence-corrected chi connectivity index (χ4v) is 6.21. The van der Waals surface area contributed by atoms with Gasteiger partial charge in [0, 0.05) is 36.5 Å². The highest BCUT2D eigenvalue weighted by Crippen LogP contribution is 2.36. The Morgan fingerprint density at radius 2 is 1.78 bits per heavy atom. The van der Waals surface area contributed by atoms with Gasteiger partial charge in [-0.25, -0.2) is 9.19 Å². The van der Waals surface area contributed by atoms with E-state index in [9.17, 15) is 13.8 Å². The van der Waals surface area contributed by atoms with Crippen molar-refractivity contribution in [3.8, 4) is 5.69 Å². The first-order valence-electron chi connectivity index (χ1n) is 10.8. The van der Waals surface area contributed by atoms with Crippen LogP contribution in [-0.2, 0) is 20.9 Å². The highest BCUT2D eigenvalue weighted by Gasteiger charge is 2.33. The molecular formula is C24H24N4O3S. The Labute approximate surface area is 187 Å². The molecule has 164 valence electrons. The van der Waals surface area contributed by atoms with Crippen molar-refractivity contribution in [2.45, 2.75) is 18.8 Å².